The van der Waals surface area contributed by atoms with Gasteiger partial charge in [-0.15, -0.1) is 0 Å². The van der Waals surface area contributed by atoms with E-state index in [-0.39, 0.29) is 11.8 Å². The van der Waals surface area contributed by atoms with E-state index in [2.05, 4.69) is 4.98 Å². The van der Waals surface area contributed by atoms with Crippen molar-refractivity contribution in [2.45, 2.75) is 13.0 Å². The van der Waals surface area contributed by atoms with Crippen LogP contribution in [-0.2, 0) is 0 Å². The molecule has 7 heteroatoms. The summed E-state index contributed by atoms with van der Waals surface area (Å²) >= 11 is 0. The van der Waals surface area contributed by atoms with Crippen molar-refractivity contribution in [1.82, 2.24) is 4.98 Å². The Bertz CT molecular complexity index is 629. The summed E-state index contributed by atoms with van der Waals surface area (Å²) in [7, 11) is 0. The van der Waals surface area contributed by atoms with Crippen LogP contribution in [0.25, 0.3) is 0 Å². The maximum absolute atomic E-state index is 13.0. The van der Waals surface area contributed by atoms with E-state index in [4.69, 9.17) is 10.5 Å². The molecule has 1 atom stereocenters. The third-order valence-electron chi connectivity index (χ3n) is 2.57. The molecule has 0 amide bonds. The molecule has 0 aliphatic carbocycles. The summed E-state index contributed by atoms with van der Waals surface area (Å²) in [6, 6.07) is 6.14. The Balaban J connectivity index is 2.28. The van der Waals surface area contributed by atoms with Crippen LogP contribution >= 0.6 is 0 Å². The maximum atomic E-state index is 13.0. The molecule has 0 spiro atoms. The Morgan fingerprint density at radius 2 is 2.15 bits per heavy atom. The molecule has 1 aromatic heterocycles. The van der Waals surface area contributed by atoms with Gasteiger partial charge in [-0.25, -0.2) is 4.39 Å². The first-order valence-corrected chi connectivity index (χ1v) is 5.80. The molecule has 0 aliphatic rings. The molecule has 1 aromatic carbocycles. The molecule has 0 saturated heterocycles. The average molecular weight is 277 g/mol. The van der Waals surface area contributed by atoms with Crippen molar-refractivity contribution < 1.29 is 14.1 Å². The van der Waals surface area contributed by atoms with E-state index in [1.165, 1.54) is 12.3 Å². The number of ether oxygens (including phenoxy) is 1. The summed E-state index contributed by atoms with van der Waals surface area (Å²) in [5.41, 5.74) is 5.89. The van der Waals surface area contributed by atoms with Crippen molar-refractivity contribution in [3.8, 4) is 11.5 Å². The van der Waals surface area contributed by atoms with Gasteiger partial charge in [-0.1, -0.05) is 0 Å². The van der Waals surface area contributed by atoms with Crippen molar-refractivity contribution in [2.24, 2.45) is 5.73 Å². The molecular weight excluding hydrogens is 265 g/mol. The van der Waals surface area contributed by atoms with Crippen LogP contribution in [0.2, 0.25) is 0 Å². The van der Waals surface area contributed by atoms with Gasteiger partial charge in [-0.3, -0.25) is 15.1 Å². The molecule has 2 aromatic rings. The number of aromatic nitrogens is 1. The van der Waals surface area contributed by atoms with Gasteiger partial charge in [0.05, 0.1) is 22.9 Å². The van der Waals surface area contributed by atoms with Gasteiger partial charge in [0.15, 0.2) is 0 Å². The van der Waals surface area contributed by atoms with E-state index in [9.17, 15) is 14.5 Å². The van der Waals surface area contributed by atoms with Crippen LogP contribution in [0.3, 0.4) is 0 Å². The van der Waals surface area contributed by atoms with Crippen molar-refractivity contribution in [1.29, 1.82) is 0 Å². The molecule has 2 N–H and O–H groups in total. The number of benzene rings is 1. The summed E-state index contributed by atoms with van der Waals surface area (Å²) in [4.78, 5) is 14.2. The lowest BCUT2D eigenvalue weighted by Crippen LogP contribution is -2.06. The van der Waals surface area contributed by atoms with E-state index in [0.717, 1.165) is 12.1 Å². The second-order valence-electron chi connectivity index (χ2n) is 4.18. The number of nitro groups is 1. The SMILES string of the molecule is CC(N)c1ccc(Oc2ccc(F)cc2[N+](=O)[O-])cn1. The molecule has 0 bridgehead atoms. The fraction of sp³-hybridized carbons (Fsp3) is 0.154. The lowest BCUT2D eigenvalue weighted by Gasteiger charge is -2.08. The second kappa shape index (κ2) is 5.62. The van der Waals surface area contributed by atoms with Crippen LogP contribution in [0.15, 0.2) is 36.5 Å². The van der Waals surface area contributed by atoms with Gasteiger partial charge in [0, 0.05) is 6.04 Å². The summed E-state index contributed by atoms with van der Waals surface area (Å²) < 4.78 is 18.4. The molecule has 0 fully saturated rings. The van der Waals surface area contributed by atoms with E-state index in [0.29, 0.717) is 11.4 Å². The van der Waals surface area contributed by atoms with E-state index < -0.39 is 16.4 Å². The highest BCUT2D eigenvalue weighted by molar-refractivity contribution is 5.48. The molecule has 0 saturated carbocycles. The summed E-state index contributed by atoms with van der Waals surface area (Å²) in [5, 5.41) is 10.8. The van der Waals surface area contributed by atoms with Crippen LogP contribution in [-0.4, -0.2) is 9.91 Å². The molecule has 0 aliphatic heterocycles. The van der Waals surface area contributed by atoms with Gasteiger partial charge < -0.3 is 10.5 Å². The summed E-state index contributed by atoms with van der Waals surface area (Å²) in [6.45, 7) is 1.79. The first-order valence-electron chi connectivity index (χ1n) is 5.80. The van der Waals surface area contributed by atoms with Gasteiger partial charge in [0.25, 0.3) is 0 Å². The zero-order chi connectivity index (χ0) is 14.7. The van der Waals surface area contributed by atoms with Crippen LogP contribution in [0, 0.1) is 15.9 Å². The molecule has 104 valence electrons. The predicted molar refractivity (Wildman–Crippen MR) is 70.0 cm³/mol. The maximum Gasteiger partial charge on any atom is 0.314 e. The van der Waals surface area contributed by atoms with Crippen LogP contribution in [0.4, 0.5) is 10.1 Å². The Morgan fingerprint density at radius 1 is 1.40 bits per heavy atom. The first-order chi connectivity index (χ1) is 9.47. The van der Waals surface area contributed by atoms with Gasteiger partial charge >= 0.3 is 5.69 Å². The van der Waals surface area contributed by atoms with Crippen molar-refractivity contribution >= 4 is 5.69 Å². The number of nitrogens with two attached hydrogens (primary N) is 1. The van der Waals surface area contributed by atoms with E-state index in [1.54, 1.807) is 19.1 Å². The Labute approximate surface area is 114 Å². The van der Waals surface area contributed by atoms with E-state index >= 15 is 0 Å². The number of pyridine rings is 1. The summed E-state index contributed by atoms with van der Waals surface area (Å²) in [5.74, 6) is -0.440. The van der Waals surface area contributed by atoms with Crippen LogP contribution in [0.5, 0.6) is 11.5 Å². The third-order valence-corrected chi connectivity index (χ3v) is 2.57. The molecule has 6 nitrogen and oxygen atoms in total. The van der Waals surface area contributed by atoms with Crippen molar-refractivity contribution in [3.63, 3.8) is 0 Å². The minimum Gasteiger partial charge on any atom is -0.449 e. The number of hydrogen-bond donors (Lipinski definition) is 1. The zero-order valence-electron chi connectivity index (χ0n) is 10.6. The van der Waals surface area contributed by atoms with Gasteiger partial charge in [0.1, 0.15) is 11.6 Å². The zero-order valence-corrected chi connectivity index (χ0v) is 10.6. The Hall–Kier alpha value is -2.54. The Morgan fingerprint density at radius 3 is 2.70 bits per heavy atom. The van der Waals surface area contributed by atoms with Gasteiger partial charge in [-0.2, -0.15) is 0 Å². The monoisotopic (exact) mass is 277 g/mol. The molecule has 1 unspecified atom stereocenters. The molecular formula is C13H12FN3O3. The van der Waals surface area contributed by atoms with Gasteiger partial charge in [-0.05, 0) is 31.2 Å². The fourth-order valence-corrected chi connectivity index (χ4v) is 1.57. The molecule has 1 heterocycles. The topological polar surface area (TPSA) is 91.3 Å². The second-order valence-corrected chi connectivity index (χ2v) is 4.18. The highest BCUT2D eigenvalue weighted by atomic mass is 19.1. The predicted octanol–water partition coefficient (Wildman–Crippen LogP) is 2.94. The Kier molecular flexibility index (Phi) is 3.90. The number of halogens is 1. The smallest absolute Gasteiger partial charge is 0.314 e. The molecule has 20 heavy (non-hydrogen) atoms. The minimum absolute atomic E-state index is 0.0493. The lowest BCUT2D eigenvalue weighted by molar-refractivity contribution is -0.385. The number of nitrogens with zero attached hydrogens (tertiary/aromatic N) is 2. The quantitative estimate of drug-likeness (QED) is 0.685. The largest absolute Gasteiger partial charge is 0.449 e. The average Bonchev–Trinajstić information content (AvgIpc) is 2.41. The van der Waals surface area contributed by atoms with Crippen molar-refractivity contribution in [3.05, 3.63) is 58.2 Å². The summed E-state index contributed by atoms with van der Waals surface area (Å²) in [6.07, 6.45) is 1.41. The van der Waals surface area contributed by atoms with Crippen LogP contribution < -0.4 is 10.5 Å². The molecule has 0 radical (unpaired) electrons. The highest BCUT2D eigenvalue weighted by Crippen LogP contribution is 2.31. The minimum atomic E-state index is -0.706. The third kappa shape index (κ3) is 3.07. The number of hydrogen-bond acceptors (Lipinski definition) is 5. The standard InChI is InChI=1S/C13H12FN3O3/c1-8(15)11-4-3-10(7-16-11)20-13-5-2-9(14)6-12(13)17(18)19/h2-8H,15H2,1H3. The van der Waals surface area contributed by atoms with Crippen molar-refractivity contribution in [2.75, 3.05) is 0 Å². The number of rotatable bonds is 4. The fourth-order valence-electron chi connectivity index (χ4n) is 1.57. The molecule has 2 rings (SSSR count). The lowest BCUT2D eigenvalue weighted by atomic mass is 10.2. The highest BCUT2D eigenvalue weighted by Gasteiger charge is 2.17. The first kappa shape index (κ1) is 13.9. The normalized spacial score (nSPS) is 11.9. The van der Waals surface area contributed by atoms with E-state index in [1.807, 2.05) is 0 Å². The van der Waals surface area contributed by atoms with Crippen LogP contribution in [0.1, 0.15) is 18.7 Å². The van der Waals surface area contributed by atoms with Gasteiger partial charge in [0.2, 0.25) is 5.75 Å². The number of nitro benzene ring substituents is 1.